The van der Waals surface area contributed by atoms with Crippen molar-refractivity contribution in [2.24, 2.45) is 5.92 Å². The Morgan fingerprint density at radius 2 is 2.22 bits per heavy atom. The van der Waals surface area contributed by atoms with Crippen LogP contribution in [-0.4, -0.2) is 56.6 Å². The number of hydrogen-bond donors (Lipinski definition) is 3. The molecule has 1 fully saturated rings. The maximum absolute atomic E-state index is 11.6. The number of likely N-dealkylation sites (N-methyl/N-ethyl adjacent to an activating group) is 1. The Bertz CT molecular complexity index is 277. The van der Waals surface area contributed by atoms with Gasteiger partial charge in [-0.3, -0.25) is 15.0 Å². The van der Waals surface area contributed by atoms with E-state index in [9.17, 15) is 9.59 Å². The number of carbonyl (C=O) groups is 2. The maximum Gasteiger partial charge on any atom is 0.321 e. The van der Waals surface area contributed by atoms with Crippen LogP contribution >= 0.6 is 0 Å². The highest BCUT2D eigenvalue weighted by Gasteiger charge is 2.17. The van der Waals surface area contributed by atoms with Gasteiger partial charge in [-0.2, -0.15) is 0 Å². The van der Waals surface area contributed by atoms with Crippen molar-refractivity contribution in [3.05, 3.63) is 0 Å². The van der Waals surface area contributed by atoms with Crippen molar-refractivity contribution in [1.29, 1.82) is 0 Å². The largest absolute Gasteiger partial charge is 0.338 e. The smallest absolute Gasteiger partial charge is 0.321 e. The highest BCUT2D eigenvalue weighted by Crippen LogP contribution is 2.10. The topological polar surface area (TPSA) is 73.5 Å². The molecule has 3 N–H and O–H groups in total. The molecule has 0 aliphatic carbocycles. The second-order valence-corrected chi connectivity index (χ2v) is 4.82. The molecule has 1 heterocycles. The summed E-state index contributed by atoms with van der Waals surface area (Å²) in [5, 5.41) is 8.19. The maximum atomic E-state index is 11.6. The van der Waals surface area contributed by atoms with Crippen molar-refractivity contribution >= 4 is 11.9 Å². The number of nitrogens with zero attached hydrogens (tertiary/aromatic N) is 1. The minimum atomic E-state index is -0.421. The van der Waals surface area contributed by atoms with Crippen molar-refractivity contribution in [2.75, 3.05) is 39.8 Å². The van der Waals surface area contributed by atoms with Gasteiger partial charge in [-0.25, -0.2) is 4.79 Å². The number of amides is 3. The summed E-state index contributed by atoms with van der Waals surface area (Å²) < 4.78 is 0. The Morgan fingerprint density at radius 1 is 1.44 bits per heavy atom. The fourth-order valence-electron chi connectivity index (χ4n) is 2.20. The standard InChI is InChI=1S/C12H24N4O2/c1-3-14-12(18)15-11(17)9-16(2)8-10-5-4-6-13-7-10/h10,13H,3-9H2,1-2H3,(H2,14,15,17,18). The molecule has 1 unspecified atom stereocenters. The molecule has 6 heteroatoms. The van der Waals surface area contributed by atoms with E-state index in [4.69, 9.17) is 0 Å². The van der Waals surface area contributed by atoms with E-state index >= 15 is 0 Å². The summed E-state index contributed by atoms with van der Waals surface area (Å²) >= 11 is 0. The first-order valence-corrected chi connectivity index (χ1v) is 6.58. The Morgan fingerprint density at radius 3 is 2.83 bits per heavy atom. The normalized spacial score (nSPS) is 19.6. The van der Waals surface area contributed by atoms with Gasteiger partial charge in [0.05, 0.1) is 6.54 Å². The number of rotatable bonds is 5. The van der Waals surface area contributed by atoms with Gasteiger partial charge in [0.1, 0.15) is 0 Å². The molecule has 0 spiro atoms. The zero-order valence-electron chi connectivity index (χ0n) is 11.3. The molecule has 0 aromatic carbocycles. The van der Waals surface area contributed by atoms with E-state index in [-0.39, 0.29) is 12.5 Å². The highest BCUT2D eigenvalue weighted by molar-refractivity contribution is 5.95. The summed E-state index contributed by atoms with van der Waals surface area (Å²) in [5.41, 5.74) is 0. The zero-order valence-corrected chi connectivity index (χ0v) is 11.3. The third-order valence-corrected chi connectivity index (χ3v) is 2.97. The summed E-state index contributed by atoms with van der Waals surface area (Å²) in [6.07, 6.45) is 2.40. The number of piperidine rings is 1. The molecule has 104 valence electrons. The van der Waals surface area contributed by atoms with Crippen LogP contribution in [0.2, 0.25) is 0 Å². The Balaban J connectivity index is 2.19. The average molecular weight is 256 g/mol. The third kappa shape index (κ3) is 5.97. The second-order valence-electron chi connectivity index (χ2n) is 4.82. The van der Waals surface area contributed by atoms with Crippen molar-refractivity contribution < 1.29 is 9.59 Å². The van der Waals surface area contributed by atoms with Crippen molar-refractivity contribution in [2.45, 2.75) is 19.8 Å². The summed E-state index contributed by atoms with van der Waals surface area (Å²) in [5.74, 6) is 0.341. The van der Waals surface area contributed by atoms with Gasteiger partial charge in [-0.05, 0) is 45.8 Å². The minimum absolute atomic E-state index is 0.257. The van der Waals surface area contributed by atoms with Crippen LogP contribution in [0.4, 0.5) is 4.79 Å². The van der Waals surface area contributed by atoms with Crippen LogP contribution in [0.15, 0.2) is 0 Å². The summed E-state index contributed by atoms with van der Waals surface area (Å²) in [7, 11) is 1.91. The van der Waals surface area contributed by atoms with Gasteiger partial charge < -0.3 is 10.6 Å². The van der Waals surface area contributed by atoms with Gasteiger partial charge in [-0.15, -0.1) is 0 Å². The van der Waals surface area contributed by atoms with Crippen LogP contribution in [-0.2, 0) is 4.79 Å². The van der Waals surface area contributed by atoms with Crippen LogP contribution in [0.25, 0.3) is 0 Å². The number of hydrogen-bond acceptors (Lipinski definition) is 4. The van der Waals surface area contributed by atoms with Gasteiger partial charge in [-0.1, -0.05) is 0 Å². The molecule has 0 aromatic heterocycles. The lowest BCUT2D eigenvalue weighted by Crippen LogP contribution is -2.45. The lowest BCUT2D eigenvalue weighted by molar-refractivity contribution is -0.121. The van der Waals surface area contributed by atoms with E-state index in [0.29, 0.717) is 12.5 Å². The minimum Gasteiger partial charge on any atom is -0.338 e. The predicted molar refractivity (Wildman–Crippen MR) is 70.3 cm³/mol. The zero-order chi connectivity index (χ0) is 13.4. The van der Waals surface area contributed by atoms with Gasteiger partial charge in [0.2, 0.25) is 5.91 Å². The predicted octanol–water partition coefficient (Wildman–Crippen LogP) is -0.236. The van der Waals surface area contributed by atoms with Crippen LogP contribution < -0.4 is 16.0 Å². The first-order valence-electron chi connectivity index (χ1n) is 6.58. The van der Waals surface area contributed by atoms with E-state index in [1.54, 1.807) is 0 Å². The number of carbonyl (C=O) groups excluding carboxylic acids is 2. The number of urea groups is 1. The van der Waals surface area contributed by atoms with Gasteiger partial charge in [0.25, 0.3) is 0 Å². The fraction of sp³-hybridized carbons (Fsp3) is 0.833. The van der Waals surface area contributed by atoms with E-state index in [1.165, 1.54) is 12.8 Å². The summed E-state index contributed by atoms with van der Waals surface area (Å²) in [6, 6.07) is -0.421. The molecular weight excluding hydrogens is 232 g/mol. The number of imide groups is 1. The molecule has 0 saturated carbocycles. The van der Waals surface area contributed by atoms with Gasteiger partial charge in [0, 0.05) is 13.1 Å². The first kappa shape index (κ1) is 14.9. The van der Waals surface area contributed by atoms with Crippen molar-refractivity contribution in [3.8, 4) is 0 Å². The van der Waals surface area contributed by atoms with Crippen LogP contribution in [0.3, 0.4) is 0 Å². The molecule has 1 saturated heterocycles. The molecule has 0 aromatic rings. The molecular formula is C12H24N4O2. The van der Waals surface area contributed by atoms with Gasteiger partial charge in [0.15, 0.2) is 0 Å². The highest BCUT2D eigenvalue weighted by atomic mass is 16.2. The van der Waals surface area contributed by atoms with E-state index < -0.39 is 6.03 Å². The average Bonchev–Trinajstić information content (AvgIpc) is 2.29. The monoisotopic (exact) mass is 256 g/mol. The molecule has 0 radical (unpaired) electrons. The van der Waals surface area contributed by atoms with Crippen molar-refractivity contribution in [1.82, 2.24) is 20.9 Å². The first-order chi connectivity index (χ1) is 8.61. The molecule has 1 aliphatic rings. The molecule has 1 aliphatic heterocycles. The number of nitrogens with one attached hydrogen (secondary N) is 3. The molecule has 6 nitrogen and oxygen atoms in total. The Hall–Kier alpha value is -1.14. The van der Waals surface area contributed by atoms with E-state index in [1.807, 2.05) is 18.9 Å². The Labute approximate surface area is 108 Å². The second kappa shape index (κ2) is 8.05. The lowest BCUT2D eigenvalue weighted by atomic mass is 9.99. The molecule has 3 amide bonds. The fourth-order valence-corrected chi connectivity index (χ4v) is 2.20. The summed E-state index contributed by atoms with van der Waals surface area (Å²) in [6.45, 7) is 5.58. The van der Waals surface area contributed by atoms with Crippen molar-refractivity contribution in [3.63, 3.8) is 0 Å². The van der Waals surface area contributed by atoms with Crippen LogP contribution in [0.1, 0.15) is 19.8 Å². The lowest BCUT2D eigenvalue weighted by Gasteiger charge is -2.27. The van der Waals surface area contributed by atoms with Crippen LogP contribution in [0.5, 0.6) is 0 Å². The van der Waals surface area contributed by atoms with E-state index in [0.717, 1.165) is 19.6 Å². The van der Waals surface area contributed by atoms with Gasteiger partial charge >= 0.3 is 6.03 Å². The van der Waals surface area contributed by atoms with E-state index in [2.05, 4.69) is 16.0 Å². The third-order valence-electron chi connectivity index (χ3n) is 2.97. The molecule has 18 heavy (non-hydrogen) atoms. The molecule has 1 rings (SSSR count). The summed E-state index contributed by atoms with van der Waals surface area (Å²) in [4.78, 5) is 24.7. The quantitative estimate of drug-likeness (QED) is 0.635. The SMILES string of the molecule is CCNC(=O)NC(=O)CN(C)CC1CCCNC1. The van der Waals surface area contributed by atoms with Crippen LogP contribution in [0, 0.1) is 5.92 Å². The molecule has 0 bridgehead atoms. The molecule has 1 atom stereocenters. The Kier molecular flexibility index (Phi) is 6.67.